The lowest BCUT2D eigenvalue weighted by Crippen LogP contribution is -2.46. The lowest BCUT2D eigenvalue weighted by molar-refractivity contribution is -0.139. The van der Waals surface area contributed by atoms with Gasteiger partial charge in [0.25, 0.3) is 0 Å². The molecule has 2 rings (SSSR count). The second kappa shape index (κ2) is 11.5. The van der Waals surface area contributed by atoms with E-state index in [0.29, 0.717) is 11.1 Å². The highest BCUT2D eigenvalue weighted by Gasteiger charge is 2.24. The number of benzene rings is 1. The number of nitrogens with zero attached hydrogens (tertiary/aromatic N) is 2. The molecule has 1 aliphatic rings. The zero-order chi connectivity index (χ0) is 17.5. The van der Waals surface area contributed by atoms with Crippen LogP contribution in [0.3, 0.4) is 0 Å². The number of hydrogen-bond acceptors (Lipinski definition) is 4. The molecule has 1 aromatic rings. The van der Waals surface area contributed by atoms with Gasteiger partial charge in [-0.25, -0.2) is 0 Å². The fourth-order valence-electron chi connectivity index (χ4n) is 3.05. The summed E-state index contributed by atoms with van der Waals surface area (Å²) in [6, 6.07) is 5.93. The van der Waals surface area contributed by atoms with E-state index >= 15 is 0 Å². The van der Waals surface area contributed by atoms with E-state index in [1.54, 1.807) is 17.8 Å². The largest absolute Gasteiger partial charge is 0.480 e. The molecule has 0 radical (unpaired) electrons. The van der Waals surface area contributed by atoms with Crippen LogP contribution < -0.4 is 0 Å². The van der Waals surface area contributed by atoms with Crippen molar-refractivity contribution in [2.45, 2.75) is 30.7 Å². The van der Waals surface area contributed by atoms with Crippen LogP contribution in [0.1, 0.15) is 19.8 Å². The Hall–Kier alpha value is -0.170. The van der Waals surface area contributed by atoms with Gasteiger partial charge in [0.15, 0.2) is 0 Å². The minimum atomic E-state index is -0.742. The molecule has 0 amide bonds. The summed E-state index contributed by atoms with van der Waals surface area (Å²) in [5.74, 6) is 0.228. The molecule has 0 aliphatic carbocycles. The third-order valence-electron chi connectivity index (χ3n) is 4.38. The van der Waals surface area contributed by atoms with Crippen molar-refractivity contribution in [3.05, 3.63) is 28.2 Å². The quantitative estimate of drug-likeness (QED) is 0.624. The maximum absolute atomic E-state index is 10.9. The van der Waals surface area contributed by atoms with Gasteiger partial charge in [-0.1, -0.05) is 30.1 Å². The monoisotopic (exact) mass is 426 g/mol. The maximum atomic E-state index is 10.9. The molecule has 8 heteroatoms. The van der Waals surface area contributed by atoms with Gasteiger partial charge < -0.3 is 10.0 Å². The van der Waals surface area contributed by atoms with Crippen molar-refractivity contribution in [3.8, 4) is 0 Å². The fraction of sp³-hybridized carbons (Fsp3) is 0.588. The SMILES string of the molecule is CCN(CC(=O)O)C1CCN(CCSc2cc(Cl)ccc2Cl)CC1.Cl. The third kappa shape index (κ3) is 7.53. The summed E-state index contributed by atoms with van der Waals surface area (Å²) in [6.45, 7) is 6.01. The summed E-state index contributed by atoms with van der Waals surface area (Å²) in [5.41, 5.74) is 0. The summed E-state index contributed by atoms with van der Waals surface area (Å²) in [6.07, 6.45) is 2.06. The van der Waals surface area contributed by atoms with Crippen molar-refractivity contribution in [2.24, 2.45) is 0 Å². The molecule has 4 nitrogen and oxygen atoms in total. The summed E-state index contributed by atoms with van der Waals surface area (Å²) >= 11 is 13.9. The molecule has 1 saturated heterocycles. The molecule has 0 bridgehead atoms. The maximum Gasteiger partial charge on any atom is 0.317 e. The molecule has 25 heavy (non-hydrogen) atoms. The van der Waals surface area contributed by atoms with Crippen LogP contribution in [-0.4, -0.2) is 65.4 Å². The van der Waals surface area contributed by atoms with E-state index in [1.165, 1.54) is 0 Å². The first-order chi connectivity index (χ1) is 11.5. The Morgan fingerprint density at radius 2 is 2.04 bits per heavy atom. The molecule has 1 heterocycles. The number of halogens is 3. The number of hydrogen-bond donors (Lipinski definition) is 1. The van der Waals surface area contributed by atoms with E-state index in [-0.39, 0.29) is 19.0 Å². The molecular weight excluding hydrogens is 403 g/mol. The standard InChI is InChI=1S/C17H24Cl2N2O2S.ClH/c1-2-21(12-17(22)23)14-5-7-20(8-6-14)9-10-24-16-11-13(18)3-4-15(16)19;/h3-4,11,14H,2,5-10,12H2,1H3,(H,22,23);1H. The zero-order valence-electron chi connectivity index (χ0n) is 14.3. The van der Waals surface area contributed by atoms with Gasteiger partial charge in [0.1, 0.15) is 0 Å². The first kappa shape index (κ1) is 22.9. The normalized spacial score (nSPS) is 16.0. The van der Waals surface area contributed by atoms with Crippen LogP contribution in [0.5, 0.6) is 0 Å². The van der Waals surface area contributed by atoms with E-state index < -0.39 is 5.97 Å². The topological polar surface area (TPSA) is 43.8 Å². The van der Waals surface area contributed by atoms with Gasteiger partial charge in [0.2, 0.25) is 0 Å². The van der Waals surface area contributed by atoms with Crippen LogP contribution in [0, 0.1) is 0 Å². The summed E-state index contributed by atoms with van der Waals surface area (Å²) in [4.78, 5) is 16.5. The molecule has 142 valence electrons. The number of aliphatic carboxylic acids is 1. The number of piperidine rings is 1. The van der Waals surface area contributed by atoms with E-state index in [1.807, 2.05) is 19.1 Å². The molecule has 0 saturated carbocycles. The molecule has 1 aromatic carbocycles. The molecule has 1 aliphatic heterocycles. The van der Waals surface area contributed by atoms with Crippen LogP contribution in [-0.2, 0) is 4.79 Å². The number of rotatable bonds is 8. The van der Waals surface area contributed by atoms with Gasteiger partial charge in [-0.3, -0.25) is 9.69 Å². The fourth-order valence-corrected chi connectivity index (χ4v) is 4.56. The number of carbonyl (C=O) groups is 1. The highest BCUT2D eigenvalue weighted by atomic mass is 35.5. The second-order valence-corrected chi connectivity index (χ2v) is 7.93. The van der Waals surface area contributed by atoms with Gasteiger partial charge in [-0.05, 0) is 50.7 Å². The molecule has 0 aromatic heterocycles. The number of likely N-dealkylation sites (N-methyl/N-ethyl adjacent to an activating group) is 1. The van der Waals surface area contributed by atoms with E-state index in [2.05, 4.69) is 9.80 Å². The van der Waals surface area contributed by atoms with Crippen LogP contribution >= 0.6 is 47.4 Å². The number of thioether (sulfide) groups is 1. The molecule has 0 spiro atoms. The van der Waals surface area contributed by atoms with Gasteiger partial charge >= 0.3 is 5.97 Å². The average Bonchev–Trinajstić information content (AvgIpc) is 2.56. The zero-order valence-corrected chi connectivity index (χ0v) is 17.4. The van der Waals surface area contributed by atoms with Crippen LogP contribution in [0.2, 0.25) is 10.0 Å². The van der Waals surface area contributed by atoms with Gasteiger partial charge in [0.05, 0.1) is 11.6 Å². The third-order valence-corrected chi connectivity index (χ3v) is 6.09. The second-order valence-electron chi connectivity index (χ2n) is 5.95. The summed E-state index contributed by atoms with van der Waals surface area (Å²) < 4.78 is 0. The van der Waals surface area contributed by atoms with Crippen molar-refractivity contribution in [1.82, 2.24) is 9.80 Å². The van der Waals surface area contributed by atoms with Crippen LogP contribution in [0.15, 0.2) is 23.1 Å². The Kier molecular flexibility index (Phi) is 10.5. The minimum absolute atomic E-state index is 0. The molecule has 1 N–H and O–H groups in total. The van der Waals surface area contributed by atoms with Crippen LogP contribution in [0.25, 0.3) is 0 Å². The number of carboxylic acid groups (broad SMARTS) is 1. The van der Waals surface area contributed by atoms with Crippen molar-refractivity contribution < 1.29 is 9.90 Å². The highest BCUT2D eigenvalue weighted by Crippen LogP contribution is 2.30. The average molecular weight is 428 g/mol. The van der Waals surface area contributed by atoms with E-state index in [9.17, 15) is 4.79 Å². The van der Waals surface area contributed by atoms with Gasteiger partial charge in [-0.15, -0.1) is 24.2 Å². The Balaban J connectivity index is 0.00000312. The Labute approximate surface area is 170 Å². The Morgan fingerprint density at radius 3 is 2.64 bits per heavy atom. The molecule has 1 fully saturated rings. The first-order valence-electron chi connectivity index (χ1n) is 8.25. The molecular formula is C17H25Cl3N2O2S. The van der Waals surface area contributed by atoms with E-state index in [0.717, 1.165) is 54.7 Å². The van der Waals surface area contributed by atoms with Crippen molar-refractivity contribution >= 4 is 53.3 Å². The predicted molar refractivity (Wildman–Crippen MR) is 109 cm³/mol. The van der Waals surface area contributed by atoms with Crippen LogP contribution in [0.4, 0.5) is 0 Å². The summed E-state index contributed by atoms with van der Waals surface area (Å²) in [5, 5.41) is 10.4. The van der Waals surface area contributed by atoms with Gasteiger partial charge in [-0.2, -0.15) is 0 Å². The minimum Gasteiger partial charge on any atom is -0.480 e. The number of carboxylic acids is 1. The smallest absolute Gasteiger partial charge is 0.317 e. The van der Waals surface area contributed by atoms with E-state index in [4.69, 9.17) is 28.3 Å². The number of likely N-dealkylation sites (tertiary alicyclic amines) is 1. The Morgan fingerprint density at radius 1 is 1.36 bits per heavy atom. The highest BCUT2D eigenvalue weighted by molar-refractivity contribution is 7.99. The Bertz CT molecular complexity index is 555. The predicted octanol–water partition coefficient (Wildman–Crippen LogP) is 4.38. The van der Waals surface area contributed by atoms with Crippen molar-refractivity contribution in [1.29, 1.82) is 0 Å². The molecule has 0 atom stereocenters. The lowest BCUT2D eigenvalue weighted by Gasteiger charge is -2.37. The van der Waals surface area contributed by atoms with Gasteiger partial charge in [0, 0.05) is 28.3 Å². The molecule has 0 unspecified atom stereocenters. The van der Waals surface area contributed by atoms with Crippen molar-refractivity contribution in [2.75, 3.05) is 38.5 Å². The lowest BCUT2D eigenvalue weighted by atomic mass is 10.0. The first-order valence-corrected chi connectivity index (χ1v) is 9.99. The summed E-state index contributed by atoms with van der Waals surface area (Å²) in [7, 11) is 0. The van der Waals surface area contributed by atoms with Crippen molar-refractivity contribution in [3.63, 3.8) is 0 Å².